The molecule has 3 unspecified atom stereocenters. The molecule has 0 heterocycles. The zero-order chi connectivity index (χ0) is 14.4. The van der Waals surface area contributed by atoms with Crippen molar-refractivity contribution in [2.75, 3.05) is 5.75 Å². The summed E-state index contributed by atoms with van der Waals surface area (Å²) in [5.41, 5.74) is 4.47. The lowest BCUT2D eigenvalue weighted by Gasteiger charge is -2.36. The maximum atomic E-state index is 5.86. The normalized spacial score (nSPS) is 24.6. The second-order valence-electron chi connectivity index (χ2n) is 5.97. The Bertz CT molecular complexity index is 408. The van der Waals surface area contributed by atoms with E-state index in [1.54, 1.807) is 0 Å². The van der Waals surface area contributed by atoms with Gasteiger partial charge in [0, 0.05) is 16.7 Å². The second-order valence-corrected chi connectivity index (χ2v) is 7.03. The Hall–Kier alpha value is -0.510. The summed E-state index contributed by atoms with van der Waals surface area (Å²) < 4.78 is 0. The molecule has 2 nitrogen and oxygen atoms in total. The fourth-order valence-corrected chi connectivity index (χ4v) is 4.64. The van der Waals surface area contributed by atoms with Gasteiger partial charge >= 0.3 is 0 Å². The molecule has 0 saturated heterocycles. The molecule has 0 bridgehead atoms. The molecular weight excluding hydrogens is 264 g/mol. The molecule has 1 fully saturated rings. The Balaban J connectivity index is 1.96. The van der Waals surface area contributed by atoms with E-state index in [1.807, 2.05) is 11.8 Å². The number of hydrogen-bond acceptors (Lipinski definition) is 3. The highest BCUT2D eigenvalue weighted by atomic mass is 32.2. The summed E-state index contributed by atoms with van der Waals surface area (Å²) in [5, 5.41) is 0. The van der Waals surface area contributed by atoms with E-state index < -0.39 is 0 Å². The van der Waals surface area contributed by atoms with Gasteiger partial charge in [-0.25, -0.2) is 0 Å². The lowest BCUT2D eigenvalue weighted by molar-refractivity contribution is 0.186. The minimum Gasteiger partial charge on any atom is -0.271 e. The van der Waals surface area contributed by atoms with Gasteiger partial charge < -0.3 is 0 Å². The fraction of sp³-hybridized carbons (Fsp3) is 0.647. The zero-order valence-corrected chi connectivity index (χ0v) is 13.6. The number of hydrogen-bond donors (Lipinski definition) is 2. The molecule has 1 aromatic rings. The number of hydrazine groups is 1. The van der Waals surface area contributed by atoms with Gasteiger partial charge in [0.15, 0.2) is 0 Å². The van der Waals surface area contributed by atoms with Crippen molar-refractivity contribution in [1.82, 2.24) is 5.43 Å². The van der Waals surface area contributed by atoms with Gasteiger partial charge in [-0.2, -0.15) is 0 Å². The summed E-state index contributed by atoms with van der Waals surface area (Å²) in [6.07, 6.45) is 6.78. The Kier molecular flexibility index (Phi) is 6.40. The van der Waals surface area contributed by atoms with E-state index in [4.69, 9.17) is 5.84 Å². The monoisotopic (exact) mass is 292 g/mol. The van der Waals surface area contributed by atoms with Crippen LogP contribution < -0.4 is 11.3 Å². The van der Waals surface area contributed by atoms with E-state index in [2.05, 4.69) is 43.5 Å². The van der Waals surface area contributed by atoms with Gasteiger partial charge in [0.2, 0.25) is 0 Å². The van der Waals surface area contributed by atoms with Gasteiger partial charge in [-0.05, 0) is 36.8 Å². The van der Waals surface area contributed by atoms with Gasteiger partial charge in [0.1, 0.15) is 0 Å². The minimum atomic E-state index is 0.435. The molecule has 2 rings (SSSR count). The molecule has 0 amide bonds. The molecule has 1 aromatic carbocycles. The summed E-state index contributed by atoms with van der Waals surface area (Å²) in [6.45, 7) is 4.51. The number of rotatable bonds is 6. The van der Waals surface area contributed by atoms with E-state index >= 15 is 0 Å². The Morgan fingerprint density at radius 2 is 2.05 bits per heavy atom. The molecule has 1 aliphatic rings. The molecule has 3 atom stereocenters. The van der Waals surface area contributed by atoms with Crippen LogP contribution in [0.4, 0.5) is 0 Å². The zero-order valence-electron chi connectivity index (χ0n) is 12.8. The van der Waals surface area contributed by atoms with Gasteiger partial charge in [0.25, 0.3) is 0 Å². The van der Waals surface area contributed by atoms with Gasteiger partial charge in [-0.15, -0.1) is 11.8 Å². The predicted octanol–water partition coefficient (Wildman–Crippen LogP) is 4.14. The Morgan fingerprint density at radius 3 is 2.75 bits per heavy atom. The SMILES string of the molecule is CCC1CCCCC1C(CSc1ccccc1C)NN. The van der Waals surface area contributed by atoms with E-state index in [-0.39, 0.29) is 0 Å². The number of benzene rings is 1. The third-order valence-corrected chi connectivity index (χ3v) is 6.03. The van der Waals surface area contributed by atoms with Crippen molar-refractivity contribution >= 4 is 11.8 Å². The molecule has 112 valence electrons. The van der Waals surface area contributed by atoms with Crippen LogP contribution >= 0.6 is 11.8 Å². The average molecular weight is 292 g/mol. The standard InChI is InChI=1S/C17H28N2S/c1-3-14-9-5-6-10-15(14)16(19-18)12-20-17-11-7-4-8-13(17)2/h4,7-8,11,14-16,19H,3,5-6,9-10,12,18H2,1-2H3. The molecule has 0 aromatic heterocycles. The average Bonchev–Trinajstić information content (AvgIpc) is 2.50. The van der Waals surface area contributed by atoms with Gasteiger partial charge in [-0.3, -0.25) is 11.3 Å². The molecule has 20 heavy (non-hydrogen) atoms. The molecular formula is C17H28N2S. The maximum absolute atomic E-state index is 5.86. The summed E-state index contributed by atoms with van der Waals surface area (Å²) in [6, 6.07) is 9.06. The lowest BCUT2D eigenvalue weighted by Crippen LogP contribution is -2.46. The fourth-order valence-electron chi connectivity index (χ4n) is 3.47. The number of nitrogens with two attached hydrogens (primary N) is 1. The highest BCUT2D eigenvalue weighted by Crippen LogP contribution is 2.36. The van der Waals surface area contributed by atoms with Crippen LogP contribution in [0.3, 0.4) is 0 Å². The van der Waals surface area contributed by atoms with Crippen LogP contribution in [0.25, 0.3) is 0 Å². The van der Waals surface area contributed by atoms with Crippen molar-refractivity contribution in [3.05, 3.63) is 29.8 Å². The number of thioether (sulfide) groups is 1. The Morgan fingerprint density at radius 1 is 1.30 bits per heavy atom. The predicted molar refractivity (Wildman–Crippen MR) is 88.8 cm³/mol. The quantitative estimate of drug-likeness (QED) is 0.470. The minimum absolute atomic E-state index is 0.435. The van der Waals surface area contributed by atoms with Gasteiger partial charge in [0.05, 0.1) is 0 Å². The first-order chi connectivity index (χ1) is 9.76. The molecule has 3 heteroatoms. The Labute approximate surface area is 127 Å². The third kappa shape index (κ3) is 4.00. The van der Waals surface area contributed by atoms with Crippen molar-refractivity contribution in [3.8, 4) is 0 Å². The highest BCUT2D eigenvalue weighted by molar-refractivity contribution is 7.99. The first-order valence-corrected chi connectivity index (χ1v) is 8.89. The van der Waals surface area contributed by atoms with Crippen LogP contribution in [0.15, 0.2) is 29.2 Å². The van der Waals surface area contributed by atoms with Crippen molar-refractivity contribution < 1.29 is 0 Å². The summed E-state index contributed by atoms with van der Waals surface area (Å²) in [4.78, 5) is 1.39. The number of nitrogens with one attached hydrogen (secondary N) is 1. The van der Waals surface area contributed by atoms with Gasteiger partial charge in [-0.1, -0.05) is 50.8 Å². The van der Waals surface area contributed by atoms with Crippen molar-refractivity contribution in [2.24, 2.45) is 17.7 Å². The molecule has 0 aliphatic heterocycles. The van der Waals surface area contributed by atoms with E-state index in [0.29, 0.717) is 6.04 Å². The summed E-state index contributed by atoms with van der Waals surface area (Å²) in [7, 11) is 0. The van der Waals surface area contributed by atoms with Crippen LogP contribution in [0.1, 0.15) is 44.6 Å². The van der Waals surface area contributed by atoms with Crippen LogP contribution in [0.2, 0.25) is 0 Å². The topological polar surface area (TPSA) is 38.0 Å². The van der Waals surface area contributed by atoms with E-state index in [0.717, 1.165) is 17.6 Å². The maximum Gasteiger partial charge on any atom is 0.0335 e. The highest BCUT2D eigenvalue weighted by Gasteiger charge is 2.30. The summed E-state index contributed by atoms with van der Waals surface area (Å²) in [5.74, 6) is 8.53. The molecule has 3 N–H and O–H groups in total. The van der Waals surface area contributed by atoms with Crippen LogP contribution in [-0.4, -0.2) is 11.8 Å². The molecule has 1 aliphatic carbocycles. The second kappa shape index (κ2) is 8.06. The van der Waals surface area contributed by atoms with Crippen LogP contribution in [-0.2, 0) is 0 Å². The third-order valence-electron chi connectivity index (χ3n) is 4.74. The van der Waals surface area contributed by atoms with E-state index in [9.17, 15) is 0 Å². The largest absolute Gasteiger partial charge is 0.271 e. The summed E-state index contributed by atoms with van der Waals surface area (Å²) >= 11 is 1.94. The molecule has 0 radical (unpaired) electrons. The van der Waals surface area contributed by atoms with E-state index in [1.165, 1.54) is 42.6 Å². The van der Waals surface area contributed by atoms with Crippen molar-refractivity contribution in [2.45, 2.75) is 56.9 Å². The van der Waals surface area contributed by atoms with Crippen molar-refractivity contribution in [3.63, 3.8) is 0 Å². The van der Waals surface area contributed by atoms with Crippen LogP contribution in [0, 0.1) is 18.8 Å². The molecule has 0 spiro atoms. The first kappa shape index (κ1) is 15.9. The first-order valence-electron chi connectivity index (χ1n) is 7.90. The van der Waals surface area contributed by atoms with Crippen LogP contribution in [0.5, 0.6) is 0 Å². The molecule has 1 saturated carbocycles. The number of aryl methyl sites for hydroxylation is 1. The lowest BCUT2D eigenvalue weighted by atomic mass is 9.74. The smallest absolute Gasteiger partial charge is 0.0335 e. The van der Waals surface area contributed by atoms with Crippen molar-refractivity contribution in [1.29, 1.82) is 0 Å².